The number of hydrogen-bond donors (Lipinski definition) is 3. The number of carbonyl (C=O) groups excluding carboxylic acids is 1. The van der Waals surface area contributed by atoms with E-state index in [0.29, 0.717) is 5.57 Å². The molecule has 0 aliphatic rings. The molecule has 0 aromatic heterocycles. The van der Waals surface area contributed by atoms with Crippen LogP contribution in [0.1, 0.15) is 13.8 Å². The summed E-state index contributed by atoms with van der Waals surface area (Å²) in [5, 5.41) is 2.45. The van der Waals surface area contributed by atoms with Gasteiger partial charge in [0.2, 0.25) is 5.91 Å². The third kappa shape index (κ3) is 6.80. The standard InChI is InChI=1S/C7H14NO5P/c1-5(2)7(9)8-6(3)4-13-14(10,11)12/h6H,1,4H2,2-3H3,(H,8,9)(H2,10,11,12). The Morgan fingerprint density at radius 1 is 1.64 bits per heavy atom. The van der Waals surface area contributed by atoms with E-state index >= 15 is 0 Å². The highest BCUT2D eigenvalue weighted by Gasteiger charge is 2.16. The molecule has 1 atom stereocenters. The SMILES string of the molecule is C=C(C)C(=O)NC(C)COP(=O)(O)O. The van der Waals surface area contributed by atoms with Crippen LogP contribution in [0, 0.1) is 0 Å². The summed E-state index contributed by atoms with van der Waals surface area (Å²) >= 11 is 0. The van der Waals surface area contributed by atoms with Gasteiger partial charge in [0.15, 0.2) is 0 Å². The van der Waals surface area contributed by atoms with E-state index in [-0.39, 0.29) is 12.5 Å². The van der Waals surface area contributed by atoms with Crippen LogP contribution in [0.4, 0.5) is 0 Å². The normalized spacial score (nSPS) is 13.4. The van der Waals surface area contributed by atoms with Crippen LogP contribution >= 0.6 is 7.82 Å². The average molecular weight is 223 g/mol. The van der Waals surface area contributed by atoms with Crippen molar-refractivity contribution in [3.05, 3.63) is 12.2 Å². The topological polar surface area (TPSA) is 95.9 Å². The molecular formula is C7H14NO5P. The minimum atomic E-state index is -4.46. The van der Waals surface area contributed by atoms with E-state index in [1.165, 1.54) is 6.92 Å². The summed E-state index contributed by atoms with van der Waals surface area (Å²) in [6, 6.07) is -0.480. The highest BCUT2D eigenvalue weighted by Crippen LogP contribution is 2.35. The molecule has 0 saturated heterocycles. The molecule has 6 nitrogen and oxygen atoms in total. The van der Waals surface area contributed by atoms with Crippen LogP contribution in [0.3, 0.4) is 0 Å². The second-order valence-electron chi connectivity index (χ2n) is 2.94. The van der Waals surface area contributed by atoms with Crippen molar-refractivity contribution in [3.8, 4) is 0 Å². The zero-order chi connectivity index (χ0) is 11.4. The summed E-state index contributed by atoms with van der Waals surface area (Å²) in [5.41, 5.74) is 0.327. The lowest BCUT2D eigenvalue weighted by Gasteiger charge is -2.14. The first-order valence-electron chi connectivity index (χ1n) is 3.89. The highest BCUT2D eigenvalue weighted by molar-refractivity contribution is 7.46. The van der Waals surface area contributed by atoms with Crippen molar-refractivity contribution in [1.29, 1.82) is 0 Å². The fraction of sp³-hybridized carbons (Fsp3) is 0.571. The molecule has 3 N–H and O–H groups in total. The fourth-order valence-electron chi connectivity index (χ4n) is 0.598. The van der Waals surface area contributed by atoms with Gasteiger partial charge < -0.3 is 15.1 Å². The molecule has 0 rings (SSSR count). The molecule has 82 valence electrons. The maximum atomic E-state index is 11.0. The van der Waals surface area contributed by atoms with Crippen LogP contribution in [0.2, 0.25) is 0 Å². The predicted molar refractivity (Wildman–Crippen MR) is 50.4 cm³/mol. The summed E-state index contributed by atoms with van der Waals surface area (Å²) in [6.45, 7) is 6.26. The molecule has 0 aliphatic carbocycles. The first kappa shape index (κ1) is 13.3. The predicted octanol–water partition coefficient (Wildman–Crippen LogP) is 0.176. The number of carbonyl (C=O) groups is 1. The number of nitrogens with one attached hydrogen (secondary N) is 1. The van der Waals surface area contributed by atoms with Gasteiger partial charge in [0.1, 0.15) is 0 Å². The third-order valence-electron chi connectivity index (χ3n) is 1.26. The van der Waals surface area contributed by atoms with Crippen molar-refractivity contribution < 1.29 is 23.7 Å². The van der Waals surface area contributed by atoms with Gasteiger partial charge in [-0.1, -0.05) is 6.58 Å². The molecule has 14 heavy (non-hydrogen) atoms. The summed E-state index contributed by atoms with van der Waals surface area (Å²) in [5.74, 6) is -0.369. The number of rotatable bonds is 5. The zero-order valence-corrected chi connectivity index (χ0v) is 8.95. The van der Waals surface area contributed by atoms with E-state index in [1.54, 1.807) is 6.92 Å². The maximum Gasteiger partial charge on any atom is 0.469 e. The molecule has 0 fully saturated rings. The first-order valence-corrected chi connectivity index (χ1v) is 5.42. The smallest absolute Gasteiger partial charge is 0.348 e. The Kier molecular flexibility index (Phi) is 5.01. The van der Waals surface area contributed by atoms with E-state index < -0.39 is 13.9 Å². The van der Waals surface area contributed by atoms with Crippen molar-refractivity contribution in [3.63, 3.8) is 0 Å². The van der Waals surface area contributed by atoms with E-state index in [0.717, 1.165) is 0 Å². The Morgan fingerprint density at radius 2 is 2.14 bits per heavy atom. The molecule has 0 aromatic rings. The molecule has 0 aromatic carbocycles. The van der Waals surface area contributed by atoms with Crippen molar-refractivity contribution in [2.24, 2.45) is 0 Å². The molecule has 7 heteroatoms. The lowest BCUT2D eigenvalue weighted by atomic mass is 10.3. The lowest BCUT2D eigenvalue weighted by Crippen LogP contribution is -2.35. The van der Waals surface area contributed by atoms with E-state index in [4.69, 9.17) is 9.79 Å². The van der Waals surface area contributed by atoms with E-state index in [1.807, 2.05) is 0 Å². The maximum absolute atomic E-state index is 11.0. The van der Waals surface area contributed by atoms with Crippen molar-refractivity contribution >= 4 is 13.7 Å². The van der Waals surface area contributed by atoms with Crippen molar-refractivity contribution in [2.75, 3.05) is 6.61 Å². The molecule has 0 heterocycles. The van der Waals surface area contributed by atoms with Crippen LogP contribution in [-0.2, 0) is 13.9 Å². The van der Waals surface area contributed by atoms with Gasteiger partial charge in [-0.2, -0.15) is 0 Å². The lowest BCUT2D eigenvalue weighted by molar-refractivity contribution is -0.118. The Balaban J connectivity index is 3.88. The van der Waals surface area contributed by atoms with E-state index in [9.17, 15) is 9.36 Å². The van der Waals surface area contributed by atoms with Crippen LogP contribution < -0.4 is 5.32 Å². The Bertz CT molecular complexity index is 271. The average Bonchev–Trinajstić information content (AvgIpc) is 1.99. The van der Waals surface area contributed by atoms with Gasteiger partial charge in [-0.05, 0) is 13.8 Å². The molecule has 0 spiro atoms. The number of phosphoric ester groups is 1. The van der Waals surface area contributed by atoms with Gasteiger partial charge >= 0.3 is 7.82 Å². The number of hydrogen-bond acceptors (Lipinski definition) is 3. The monoisotopic (exact) mass is 223 g/mol. The second-order valence-corrected chi connectivity index (χ2v) is 4.18. The Morgan fingerprint density at radius 3 is 2.50 bits per heavy atom. The van der Waals surface area contributed by atoms with Gasteiger partial charge in [-0.15, -0.1) is 0 Å². The Labute approximate surface area is 82.2 Å². The molecule has 1 unspecified atom stereocenters. The van der Waals surface area contributed by atoms with E-state index in [2.05, 4.69) is 16.4 Å². The summed E-state index contributed by atoms with van der Waals surface area (Å²) in [6.07, 6.45) is 0. The van der Waals surface area contributed by atoms with Gasteiger partial charge in [-0.3, -0.25) is 9.32 Å². The van der Waals surface area contributed by atoms with Gasteiger partial charge in [0.25, 0.3) is 0 Å². The zero-order valence-electron chi connectivity index (χ0n) is 8.06. The molecule has 0 radical (unpaired) electrons. The summed E-state index contributed by atoms with van der Waals surface area (Å²) < 4.78 is 14.5. The molecule has 0 saturated carbocycles. The summed E-state index contributed by atoms with van der Waals surface area (Å²) in [7, 11) is -4.46. The molecular weight excluding hydrogens is 209 g/mol. The Hall–Kier alpha value is -0.680. The minimum Gasteiger partial charge on any atom is -0.348 e. The van der Waals surface area contributed by atoms with Gasteiger partial charge in [0, 0.05) is 5.57 Å². The minimum absolute atomic E-state index is 0.247. The molecule has 0 bridgehead atoms. The summed E-state index contributed by atoms with van der Waals surface area (Å²) in [4.78, 5) is 27.8. The van der Waals surface area contributed by atoms with Crippen LogP contribution in [0.5, 0.6) is 0 Å². The largest absolute Gasteiger partial charge is 0.469 e. The highest BCUT2D eigenvalue weighted by atomic mass is 31.2. The molecule has 0 aliphatic heterocycles. The molecule has 1 amide bonds. The third-order valence-corrected chi connectivity index (χ3v) is 1.74. The quantitative estimate of drug-likeness (QED) is 0.456. The van der Waals surface area contributed by atoms with Gasteiger partial charge in [-0.25, -0.2) is 4.57 Å². The van der Waals surface area contributed by atoms with Crippen LogP contribution in [-0.4, -0.2) is 28.3 Å². The second kappa shape index (κ2) is 5.26. The number of phosphoric acid groups is 1. The number of amides is 1. The van der Waals surface area contributed by atoms with Gasteiger partial charge in [0.05, 0.1) is 12.6 Å². The van der Waals surface area contributed by atoms with Crippen LogP contribution in [0.25, 0.3) is 0 Å². The van der Waals surface area contributed by atoms with Crippen molar-refractivity contribution in [2.45, 2.75) is 19.9 Å². The first-order chi connectivity index (χ1) is 6.22. The fourth-order valence-corrected chi connectivity index (χ4v) is 1.02. The van der Waals surface area contributed by atoms with Crippen LogP contribution in [0.15, 0.2) is 12.2 Å². The van der Waals surface area contributed by atoms with Crippen molar-refractivity contribution in [1.82, 2.24) is 5.32 Å².